The van der Waals surface area contributed by atoms with Gasteiger partial charge in [0, 0.05) is 6.21 Å². The van der Waals surface area contributed by atoms with Crippen LogP contribution >= 0.6 is 0 Å². The van der Waals surface area contributed by atoms with Crippen molar-refractivity contribution in [1.29, 1.82) is 0 Å². The highest BCUT2D eigenvalue weighted by atomic mass is 16.6. The molecule has 0 aromatic carbocycles. The van der Waals surface area contributed by atoms with E-state index in [0.29, 0.717) is 6.61 Å². The zero-order valence-corrected chi connectivity index (χ0v) is 4.42. The molecule has 2 nitrogen and oxygen atoms in total. The Labute approximate surface area is 43.5 Å². The van der Waals surface area contributed by atoms with Crippen LogP contribution in [0.5, 0.6) is 0 Å². The van der Waals surface area contributed by atoms with Gasteiger partial charge in [-0.05, 0) is 6.92 Å². The number of nitrogens with zero attached hydrogens (tertiary/aromatic N) is 1. The molecule has 0 aliphatic carbocycles. The van der Waals surface area contributed by atoms with Gasteiger partial charge in [-0.25, -0.2) is 0 Å². The maximum absolute atomic E-state index is 4.58. The Bertz CT molecular complexity index is 68.5. The maximum atomic E-state index is 4.58. The van der Waals surface area contributed by atoms with Crippen LogP contribution in [0.15, 0.2) is 17.8 Å². The number of rotatable bonds is 3. The minimum atomic E-state index is 0.490. The second-order valence-electron chi connectivity index (χ2n) is 0.948. The van der Waals surface area contributed by atoms with E-state index < -0.39 is 0 Å². The lowest BCUT2D eigenvalue weighted by atomic mass is 10.7. The van der Waals surface area contributed by atoms with Gasteiger partial charge in [-0.3, -0.25) is 0 Å². The summed E-state index contributed by atoms with van der Waals surface area (Å²) in [4.78, 5) is 4.58. The van der Waals surface area contributed by atoms with E-state index in [4.69, 9.17) is 0 Å². The first kappa shape index (κ1) is 6.21. The lowest BCUT2D eigenvalue weighted by Gasteiger charge is -1.86. The molecule has 0 aromatic rings. The van der Waals surface area contributed by atoms with Crippen molar-refractivity contribution in [3.8, 4) is 0 Å². The molecule has 0 fully saturated rings. The third-order valence-corrected chi connectivity index (χ3v) is 0.372. The third-order valence-electron chi connectivity index (χ3n) is 0.372. The molecular formula is C5H9NO. The summed E-state index contributed by atoms with van der Waals surface area (Å²) < 4.78 is 0. The molecule has 0 aromatic heterocycles. The fourth-order valence-corrected chi connectivity index (χ4v) is 0.170. The molecule has 0 atom stereocenters. The Balaban J connectivity index is 2.82. The van der Waals surface area contributed by atoms with Gasteiger partial charge in [0.15, 0.2) is 0 Å². The molecule has 0 spiro atoms. The lowest BCUT2D eigenvalue weighted by Crippen LogP contribution is -1.78. The summed E-state index contributed by atoms with van der Waals surface area (Å²) in [5.41, 5.74) is 0. The van der Waals surface area contributed by atoms with Gasteiger partial charge < -0.3 is 4.84 Å². The molecule has 0 bridgehead atoms. The summed E-state index contributed by atoms with van der Waals surface area (Å²) in [6.07, 6.45) is 3.23. The molecule has 0 amide bonds. The van der Waals surface area contributed by atoms with Crippen molar-refractivity contribution in [3.63, 3.8) is 0 Å². The molecule has 0 heterocycles. The highest BCUT2D eigenvalue weighted by Crippen LogP contribution is 1.71. The minimum absolute atomic E-state index is 0.490. The molecule has 0 saturated carbocycles. The van der Waals surface area contributed by atoms with Crippen molar-refractivity contribution in [2.45, 2.75) is 6.92 Å². The zero-order valence-electron chi connectivity index (χ0n) is 4.42. The first-order valence-corrected chi connectivity index (χ1v) is 2.12. The predicted octanol–water partition coefficient (Wildman–Crippen LogP) is 1.19. The average molecular weight is 99.1 g/mol. The van der Waals surface area contributed by atoms with Crippen molar-refractivity contribution >= 4 is 6.21 Å². The van der Waals surface area contributed by atoms with Gasteiger partial charge in [0.05, 0.1) is 0 Å². The molecule has 0 unspecified atom stereocenters. The normalized spacial score (nSPS) is 9.29. The molecule has 7 heavy (non-hydrogen) atoms. The van der Waals surface area contributed by atoms with Gasteiger partial charge in [0.25, 0.3) is 0 Å². The summed E-state index contributed by atoms with van der Waals surface area (Å²) in [6, 6.07) is 0. The van der Waals surface area contributed by atoms with Gasteiger partial charge in [0.1, 0.15) is 6.61 Å². The SMILES string of the molecule is C=CCO/N=C/C. The Morgan fingerprint density at radius 2 is 2.57 bits per heavy atom. The van der Waals surface area contributed by atoms with Gasteiger partial charge in [0.2, 0.25) is 0 Å². The Hall–Kier alpha value is -0.790. The average Bonchev–Trinajstić information content (AvgIpc) is 1.69. The highest BCUT2D eigenvalue weighted by Gasteiger charge is 1.65. The van der Waals surface area contributed by atoms with Crippen LogP contribution < -0.4 is 0 Å². The first-order chi connectivity index (χ1) is 3.41. The van der Waals surface area contributed by atoms with Gasteiger partial charge >= 0.3 is 0 Å². The van der Waals surface area contributed by atoms with E-state index >= 15 is 0 Å². The molecule has 0 saturated heterocycles. The standard InChI is InChI=1S/C5H9NO/c1-3-5-7-6-4-2/h3-4H,1,5H2,2H3/b6-4+. The van der Waals surface area contributed by atoms with Crippen molar-refractivity contribution in [1.82, 2.24) is 0 Å². The highest BCUT2D eigenvalue weighted by molar-refractivity contribution is 5.52. The molecule has 40 valence electrons. The van der Waals surface area contributed by atoms with Crippen molar-refractivity contribution in [3.05, 3.63) is 12.7 Å². The second-order valence-corrected chi connectivity index (χ2v) is 0.948. The summed E-state index contributed by atoms with van der Waals surface area (Å²) in [7, 11) is 0. The Kier molecular flexibility index (Phi) is 4.62. The third kappa shape index (κ3) is 5.21. The molecule has 2 heteroatoms. The Morgan fingerprint density at radius 3 is 3.00 bits per heavy atom. The molecule has 0 N–H and O–H groups in total. The first-order valence-electron chi connectivity index (χ1n) is 2.12. The van der Waals surface area contributed by atoms with Crippen LogP contribution in [0.25, 0.3) is 0 Å². The molecule has 0 rings (SSSR count). The summed E-state index contributed by atoms with van der Waals surface area (Å²) in [5, 5.41) is 3.47. The van der Waals surface area contributed by atoms with Crippen LogP contribution in [-0.2, 0) is 4.84 Å². The Morgan fingerprint density at radius 1 is 1.86 bits per heavy atom. The van der Waals surface area contributed by atoms with E-state index in [1.807, 2.05) is 0 Å². The van der Waals surface area contributed by atoms with Crippen LogP contribution in [0.2, 0.25) is 0 Å². The van der Waals surface area contributed by atoms with E-state index in [1.165, 1.54) is 0 Å². The smallest absolute Gasteiger partial charge is 0.135 e. The summed E-state index contributed by atoms with van der Waals surface area (Å²) >= 11 is 0. The molecule has 0 aliphatic rings. The van der Waals surface area contributed by atoms with Crippen LogP contribution in [0.4, 0.5) is 0 Å². The molecule has 0 aliphatic heterocycles. The van der Waals surface area contributed by atoms with Crippen molar-refractivity contribution in [2.75, 3.05) is 6.61 Å². The maximum Gasteiger partial charge on any atom is 0.135 e. The van der Waals surface area contributed by atoms with E-state index in [1.54, 1.807) is 19.2 Å². The van der Waals surface area contributed by atoms with Crippen LogP contribution in [0.3, 0.4) is 0 Å². The van der Waals surface area contributed by atoms with Gasteiger partial charge in [-0.2, -0.15) is 0 Å². The van der Waals surface area contributed by atoms with E-state index in [9.17, 15) is 0 Å². The van der Waals surface area contributed by atoms with Crippen molar-refractivity contribution < 1.29 is 4.84 Å². The van der Waals surface area contributed by atoms with Crippen molar-refractivity contribution in [2.24, 2.45) is 5.16 Å². The molecular weight excluding hydrogens is 90.1 g/mol. The lowest BCUT2D eigenvalue weighted by molar-refractivity contribution is 0.176. The quantitative estimate of drug-likeness (QED) is 0.225. The van der Waals surface area contributed by atoms with E-state index in [2.05, 4.69) is 16.6 Å². The van der Waals surface area contributed by atoms with E-state index in [-0.39, 0.29) is 0 Å². The van der Waals surface area contributed by atoms with E-state index in [0.717, 1.165) is 0 Å². The van der Waals surface area contributed by atoms with Gasteiger partial charge in [-0.1, -0.05) is 17.8 Å². The zero-order chi connectivity index (χ0) is 5.54. The molecule has 0 radical (unpaired) electrons. The van der Waals surface area contributed by atoms with Crippen LogP contribution in [0.1, 0.15) is 6.92 Å². The summed E-state index contributed by atoms with van der Waals surface area (Å²) in [6.45, 7) is 5.72. The largest absolute Gasteiger partial charge is 0.392 e. The van der Waals surface area contributed by atoms with Gasteiger partial charge in [-0.15, -0.1) is 0 Å². The minimum Gasteiger partial charge on any atom is -0.392 e. The number of hydrogen-bond acceptors (Lipinski definition) is 2. The fourth-order valence-electron chi connectivity index (χ4n) is 0.170. The number of hydrogen-bond donors (Lipinski definition) is 0. The van der Waals surface area contributed by atoms with Crippen LogP contribution in [0, 0.1) is 0 Å². The summed E-state index contributed by atoms with van der Waals surface area (Å²) in [5.74, 6) is 0. The predicted molar refractivity (Wildman–Crippen MR) is 30.3 cm³/mol. The monoisotopic (exact) mass is 99.1 g/mol. The second kappa shape index (κ2) is 5.21. The van der Waals surface area contributed by atoms with Crippen LogP contribution in [-0.4, -0.2) is 12.8 Å². The topological polar surface area (TPSA) is 21.6 Å². The number of oxime groups is 1. The fraction of sp³-hybridized carbons (Fsp3) is 0.400.